The summed E-state index contributed by atoms with van der Waals surface area (Å²) in [5.74, 6) is 0. The molecule has 1 fully saturated rings. The van der Waals surface area contributed by atoms with E-state index in [0.717, 1.165) is 11.1 Å². The highest BCUT2D eigenvalue weighted by molar-refractivity contribution is 7.92. The zero-order valence-electron chi connectivity index (χ0n) is 14.4. The van der Waals surface area contributed by atoms with Gasteiger partial charge >= 0.3 is 5.51 Å². The normalized spacial score (nSPS) is 22.0. The van der Waals surface area contributed by atoms with Gasteiger partial charge < -0.3 is 5.73 Å². The molecule has 1 atom stereocenters. The molecule has 8 heteroatoms. The van der Waals surface area contributed by atoms with Crippen LogP contribution in [0.5, 0.6) is 0 Å². The number of aliphatic imine (C=N–C) groups is 1. The van der Waals surface area contributed by atoms with Crippen molar-refractivity contribution in [3.63, 3.8) is 0 Å². The lowest BCUT2D eigenvalue weighted by molar-refractivity contribution is -0.0445. The summed E-state index contributed by atoms with van der Waals surface area (Å²) in [5, 5.41) is -1.47. The molecule has 0 aromatic heterocycles. The molecular weight excluding hydrogens is 365 g/mol. The van der Waals surface area contributed by atoms with Gasteiger partial charge in [-0.05, 0) is 42.9 Å². The Kier molecular flexibility index (Phi) is 6.08. The van der Waals surface area contributed by atoms with E-state index >= 15 is 0 Å². The number of nitrogens with two attached hydrogens (primary N) is 1. The van der Waals surface area contributed by atoms with E-state index in [9.17, 15) is 21.6 Å². The number of alkyl halides is 3. The quantitative estimate of drug-likeness (QED) is 0.850. The van der Waals surface area contributed by atoms with Crippen LogP contribution in [0.1, 0.15) is 37.3 Å². The Morgan fingerprint density at radius 1 is 1.35 bits per heavy atom. The van der Waals surface area contributed by atoms with Crippen LogP contribution in [-0.2, 0) is 16.4 Å². The van der Waals surface area contributed by atoms with Crippen LogP contribution in [0.2, 0.25) is 0 Å². The first-order valence-corrected chi connectivity index (χ1v) is 9.66. The van der Waals surface area contributed by atoms with E-state index in [-0.39, 0.29) is 19.3 Å². The van der Waals surface area contributed by atoms with Crippen molar-refractivity contribution in [1.29, 1.82) is 0 Å². The minimum atomic E-state index is -5.24. The van der Waals surface area contributed by atoms with E-state index < -0.39 is 20.6 Å². The average Bonchev–Trinajstić information content (AvgIpc) is 2.60. The summed E-state index contributed by atoms with van der Waals surface area (Å²) in [4.78, 5) is 4.44. The van der Waals surface area contributed by atoms with Crippen LogP contribution in [0.15, 0.2) is 47.5 Å². The molecule has 0 saturated heterocycles. The smallest absolute Gasteiger partial charge is 0.326 e. The number of rotatable bonds is 4. The molecule has 26 heavy (non-hydrogen) atoms. The van der Waals surface area contributed by atoms with Gasteiger partial charge in [0.2, 0.25) is 0 Å². The Balaban J connectivity index is 2.21. The van der Waals surface area contributed by atoms with Gasteiger partial charge in [0.25, 0.3) is 9.84 Å². The lowest BCUT2D eigenvalue weighted by Crippen LogP contribution is -2.37. The molecule has 0 aliphatic heterocycles. The van der Waals surface area contributed by atoms with Crippen molar-refractivity contribution in [3.05, 3.63) is 53.6 Å². The molecule has 0 bridgehead atoms. The third-order valence-electron chi connectivity index (χ3n) is 4.42. The number of hydrogen-bond donors (Lipinski definition) is 1. The van der Waals surface area contributed by atoms with Crippen LogP contribution in [0.25, 0.3) is 5.70 Å². The Labute approximate surface area is 151 Å². The molecule has 0 radical (unpaired) electrons. The highest BCUT2D eigenvalue weighted by Gasteiger charge is 2.51. The highest BCUT2D eigenvalue weighted by Crippen LogP contribution is 2.36. The third kappa shape index (κ3) is 4.24. The summed E-state index contributed by atoms with van der Waals surface area (Å²) in [5.41, 5.74) is 3.61. The second kappa shape index (κ2) is 7.75. The van der Waals surface area contributed by atoms with Crippen LogP contribution in [0.3, 0.4) is 0 Å². The SMILES string of the molecule is C=C(N=C1CCC(S(=O)(=O)C(F)(F)F)C/C1=C/C)c1ccc(CN)cc1. The first-order chi connectivity index (χ1) is 12.1. The predicted octanol–water partition coefficient (Wildman–Crippen LogP) is 3.99. The van der Waals surface area contributed by atoms with Crippen molar-refractivity contribution in [2.45, 2.75) is 43.5 Å². The van der Waals surface area contributed by atoms with Crippen molar-refractivity contribution < 1.29 is 21.6 Å². The van der Waals surface area contributed by atoms with E-state index in [1.807, 2.05) is 24.3 Å². The Morgan fingerprint density at radius 3 is 2.46 bits per heavy atom. The average molecular weight is 386 g/mol. The summed E-state index contributed by atoms with van der Waals surface area (Å²) < 4.78 is 61.7. The molecule has 1 aliphatic carbocycles. The lowest BCUT2D eigenvalue weighted by Gasteiger charge is -2.26. The van der Waals surface area contributed by atoms with Gasteiger partial charge in [0, 0.05) is 12.3 Å². The van der Waals surface area contributed by atoms with Crippen LogP contribution in [-0.4, -0.2) is 24.9 Å². The first-order valence-electron chi connectivity index (χ1n) is 8.11. The van der Waals surface area contributed by atoms with Crippen LogP contribution < -0.4 is 5.73 Å². The van der Waals surface area contributed by atoms with Gasteiger partial charge in [0.15, 0.2) is 0 Å². The van der Waals surface area contributed by atoms with Gasteiger partial charge in [-0.2, -0.15) is 13.2 Å². The topological polar surface area (TPSA) is 72.5 Å². The van der Waals surface area contributed by atoms with Gasteiger partial charge in [-0.25, -0.2) is 8.42 Å². The molecule has 2 N–H and O–H groups in total. The molecule has 0 heterocycles. The molecule has 2 rings (SSSR count). The second-order valence-corrected chi connectivity index (χ2v) is 8.30. The predicted molar refractivity (Wildman–Crippen MR) is 97.2 cm³/mol. The fraction of sp³-hybridized carbons (Fsp3) is 0.389. The molecule has 0 spiro atoms. The summed E-state index contributed by atoms with van der Waals surface area (Å²) in [6.07, 6.45) is 1.45. The van der Waals surface area contributed by atoms with Gasteiger partial charge in [0.1, 0.15) is 0 Å². The minimum Gasteiger partial charge on any atom is -0.326 e. The van der Waals surface area contributed by atoms with E-state index in [2.05, 4.69) is 11.6 Å². The highest BCUT2D eigenvalue weighted by atomic mass is 32.2. The molecule has 4 nitrogen and oxygen atoms in total. The van der Waals surface area contributed by atoms with Gasteiger partial charge in [-0.1, -0.05) is 36.9 Å². The molecular formula is C18H21F3N2O2S. The summed E-state index contributed by atoms with van der Waals surface area (Å²) in [6, 6.07) is 7.35. The van der Waals surface area contributed by atoms with Crippen molar-refractivity contribution in [1.82, 2.24) is 0 Å². The number of nitrogens with zero attached hydrogens (tertiary/aromatic N) is 1. The maximum atomic E-state index is 12.8. The maximum absolute atomic E-state index is 12.8. The fourth-order valence-corrected chi connectivity index (χ4v) is 4.06. The van der Waals surface area contributed by atoms with E-state index in [1.54, 1.807) is 13.0 Å². The van der Waals surface area contributed by atoms with Crippen LogP contribution in [0, 0.1) is 0 Å². The number of halogens is 3. The maximum Gasteiger partial charge on any atom is 0.497 e. The fourth-order valence-electron chi connectivity index (χ4n) is 2.85. The zero-order chi connectivity index (χ0) is 19.5. The first kappa shape index (κ1) is 20.4. The molecule has 1 unspecified atom stereocenters. The molecule has 1 aliphatic rings. The molecule has 0 amide bonds. The molecule has 1 saturated carbocycles. The summed E-state index contributed by atoms with van der Waals surface area (Å²) in [7, 11) is -5.18. The monoisotopic (exact) mass is 386 g/mol. The zero-order valence-corrected chi connectivity index (χ0v) is 15.2. The van der Waals surface area contributed by atoms with Gasteiger partial charge in [0.05, 0.1) is 10.9 Å². The lowest BCUT2D eigenvalue weighted by atomic mass is 9.92. The van der Waals surface area contributed by atoms with Crippen molar-refractivity contribution >= 4 is 21.2 Å². The number of allylic oxidation sites excluding steroid dienone is 2. The molecule has 142 valence electrons. The van der Waals surface area contributed by atoms with E-state index in [4.69, 9.17) is 5.73 Å². The standard InChI is InChI=1S/C18H21F3N2O2S/c1-3-14-10-16(26(24,25)18(19,20)21)8-9-17(14)23-12(2)15-6-4-13(11-22)5-7-15/h3-7,16H,2,8-11,22H2,1H3/b14-3-,23-17?. The van der Waals surface area contributed by atoms with Gasteiger partial charge in [-0.15, -0.1) is 0 Å². The Hall–Kier alpha value is -1.93. The van der Waals surface area contributed by atoms with Crippen LogP contribution >= 0.6 is 0 Å². The number of benzene rings is 1. The largest absolute Gasteiger partial charge is 0.497 e. The van der Waals surface area contributed by atoms with Crippen molar-refractivity contribution in [2.24, 2.45) is 10.7 Å². The third-order valence-corrected chi connectivity index (χ3v) is 6.35. The second-order valence-electron chi connectivity index (χ2n) is 6.08. The van der Waals surface area contributed by atoms with Crippen LogP contribution in [0.4, 0.5) is 13.2 Å². The molecule has 1 aromatic rings. The summed E-state index contributed by atoms with van der Waals surface area (Å²) >= 11 is 0. The van der Waals surface area contributed by atoms with Gasteiger partial charge in [-0.3, -0.25) is 4.99 Å². The van der Waals surface area contributed by atoms with Crippen molar-refractivity contribution in [2.75, 3.05) is 0 Å². The number of hydrogen-bond acceptors (Lipinski definition) is 4. The Bertz CT molecular complexity index is 838. The Morgan fingerprint density at radius 2 is 1.96 bits per heavy atom. The minimum absolute atomic E-state index is 0.114. The number of sulfone groups is 1. The van der Waals surface area contributed by atoms with E-state index in [0.29, 0.717) is 23.5 Å². The van der Waals surface area contributed by atoms with Crippen molar-refractivity contribution in [3.8, 4) is 0 Å². The van der Waals surface area contributed by atoms with E-state index in [1.165, 1.54) is 0 Å². The summed E-state index contributed by atoms with van der Waals surface area (Å²) in [6.45, 7) is 5.98. The molecule has 1 aromatic carbocycles.